The van der Waals surface area contributed by atoms with Crippen molar-refractivity contribution in [1.29, 1.82) is 0 Å². The van der Waals surface area contributed by atoms with Crippen LogP contribution in [0.4, 0.5) is 10.6 Å². The average molecular weight is 372 g/mol. The van der Waals surface area contributed by atoms with E-state index in [1.807, 2.05) is 30.9 Å². The van der Waals surface area contributed by atoms with E-state index >= 15 is 0 Å². The Labute approximate surface area is 157 Å². The molecule has 2 heterocycles. The first-order valence-electron chi connectivity index (χ1n) is 8.96. The number of carbonyl (C=O) groups is 2. The summed E-state index contributed by atoms with van der Waals surface area (Å²) in [7, 11) is 0. The van der Waals surface area contributed by atoms with E-state index in [4.69, 9.17) is 5.11 Å². The first-order chi connectivity index (χ1) is 13.0. The van der Waals surface area contributed by atoms with Crippen LogP contribution in [0.5, 0.6) is 0 Å². The lowest BCUT2D eigenvalue weighted by atomic mass is 9.85. The number of carbonyl (C=O) groups excluding carboxylic acids is 1. The Morgan fingerprint density at radius 1 is 1.33 bits per heavy atom. The fourth-order valence-corrected chi connectivity index (χ4v) is 3.23. The number of amides is 2. The van der Waals surface area contributed by atoms with Crippen LogP contribution < -0.4 is 10.6 Å². The number of pyridine rings is 1. The van der Waals surface area contributed by atoms with Crippen molar-refractivity contribution in [3.63, 3.8) is 0 Å². The summed E-state index contributed by atoms with van der Waals surface area (Å²) in [5, 5.41) is 18.9. The van der Waals surface area contributed by atoms with Gasteiger partial charge in [0.05, 0.1) is 12.7 Å². The Kier molecular flexibility index (Phi) is 5.70. The number of hydrogen-bond acceptors (Lipinski definition) is 5. The second-order valence-corrected chi connectivity index (χ2v) is 6.70. The van der Waals surface area contributed by atoms with Gasteiger partial charge in [-0.3, -0.25) is 15.0 Å². The van der Waals surface area contributed by atoms with Gasteiger partial charge >= 0.3 is 12.0 Å². The van der Waals surface area contributed by atoms with E-state index < -0.39 is 5.97 Å². The van der Waals surface area contributed by atoms with Crippen LogP contribution >= 0.6 is 0 Å². The molecule has 3 rings (SSSR count). The molecule has 27 heavy (non-hydrogen) atoms. The molecule has 0 atom stereocenters. The van der Waals surface area contributed by atoms with Gasteiger partial charge < -0.3 is 10.4 Å². The molecule has 0 radical (unpaired) electrons. The molecule has 144 valence electrons. The van der Waals surface area contributed by atoms with Crippen molar-refractivity contribution in [2.75, 3.05) is 18.4 Å². The fourth-order valence-electron chi connectivity index (χ4n) is 3.23. The summed E-state index contributed by atoms with van der Waals surface area (Å²) in [5.41, 5.74) is 1.05. The molecule has 1 saturated carbocycles. The Hall–Kier alpha value is -2.94. The maximum Gasteiger partial charge on any atom is 0.320 e. The summed E-state index contributed by atoms with van der Waals surface area (Å²) < 4.78 is 1.57. The number of anilines is 1. The summed E-state index contributed by atoms with van der Waals surface area (Å²) in [6.07, 6.45) is 4.78. The fraction of sp³-hybridized carbons (Fsp3) is 0.444. The zero-order chi connectivity index (χ0) is 19.4. The minimum absolute atomic E-state index is 0.0305. The van der Waals surface area contributed by atoms with Crippen molar-refractivity contribution in [2.24, 2.45) is 0 Å². The molecule has 2 aromatic rings. The molecular weight excluding hydrogens is 348 g/mol. The SMILES string of the molecule is CCN(CC(=O)O)C1CC(NC(=O)Nc2ccnn2-c2cc(C)ccn2)C1. The van der Waals surface area contributed by atoms with Crippen LogP contribution in [-0.2, 0) is 4.79 Å². The van der Waals surface area contributed by atoms with Gasteiger partial charge in [-0.05, 0) is 44.0 Å². The van der Waals surface area contributed by atoms with Crippen LogP contribution in [-0.4, -0.2) is 61.9 Å². The number of rotatable bonds is 7. The van der Waals surface area contributed by atoms with Crippen molar-refractivity contribution >= 4 is 17.8 Å². The van der Waals surface area contributed by atoms with Crippen molar-refractivity contribution in [3.05, 3.63) is 36.2 Å². The van der Waals surface area contributed by atoms with Gasteiger partial charge in [-0.1, -0.05) is 6.92 Å². The number of urea groups is 1. The first-order valence-corrected chi connectivity index (χ1v) is 8.96. The zero-order valence-corrected chi connectivity index (χ0v) is 15.4. The standard InChI is InChI=1S/C18H24N6O3/c1-3-23(11-17(25)26)14-9-13(10-14)21-18(27)22-15-5-7-20-24(15)16-8-12(2)4-6-19-16/h4-8,13-14H,3,9-11H2,1-2H3,(H,25,26)(H2,21,22,27). The van der Waals surface area contributed by atoms with Crippen molar-refractivity contribution in [3.8, 4) is 5.82 Å². The van der Waals surface area contributed by atoms with Gasteiger partial charge in [0.15, 0.2) is 5.82 Å². The molecule has 0 bridgehead atoms. The second-order valence-electron chi connectivity index (χ2n) is 6.70. The number of nitrogens with zero attached hydrogens (tertiary/aromatic N) is 4. The monoisotopic (exact) mass is 372 g/mol. The molecule has 0 aliphatic heterocycles. The maximum atomic E-state index is 12.3. The molecule has 2 amide bonds. The largest absolute Gasteiger partial charge is 0.480 e. The van der Waals surface area contributed by atoms with Gasteiger partial charge in [-0.2, -0.15) is 9.78 Å². The molecule has 0 spiro atoms. The number of aryl methyl sites for hydroxylation is 1. The highest BCUT2D eigenvalue weighted by Crippen LogP contribution is 2.25. The van der Waals surface area contributed by atoms with Gasteiger partial charge in [-0.25, -0.2) is 9.78 Å². The van der Waals surface area contributed by atoms with Crippen LogP contribution in [0.15, 0.2) is 30.6 Å². The minimum Gasteiger partial charge on any atom is -0.480 e. The van der Waals surface area contributed by atoms with Gasteiger partial charge in [0.1, 0.15) is 5.82 Å². The van der Waals surface area contributed by atoms with Crippen LogP contribution in [0.3, 0.4) is 0 Å². The highest BCUT2D eigenvalue weighted by atomic mass is 16.4. The molecular formula is C18H24N6O3. The van der Waals surface area contributed by atoms with Crippen LogP contribution in [0.1, 0.15) is 25.3 Å². The number of carboxylic acids is 1. The second kappa shape index (κ2) is 8.17. The van der Waals surface area contributed by atoms with Gasteiger partial charge in [0.2, 0.25) is 0 Å². The zero-order valence-electron chi connectivity index (χ0n) is 15.4. The third kappa shape index (κ3) is 4.62. The maximum absolute atomic E-state index is 12.3. The van der Waals surface area contributed by atoms with Gasteiger partial charge in [-0.15, -0.1) is 0 Å². The number of nitrogens with one attached hydrogen (secondary N) is 2. The minimum atomic E-state index is -0.830. The van der Waals surface area contributed by atoms with Gasteiger partial charge in [0, 0.05) is 24.3 Å². The number of carboxylic acid groups (broad SMARTS) is 1. The third-order valence-electron chi connectivity index (χ3n) is 4.71. The van der Waals surface area contributed by atoms with Crippen molar-refractivity contribution in [2.45, 2.75) is 38.8 Å². The summed E-state index contributed by atoms with van der Waals surface area (Å²) in [4.78, 5) is 29.4. The third-order valence-corrected chi connectivity index (χ3v) is 4.71. The molecule has 9 heteroatoms. The normalized spacial score (nSPS) is 18.8. The predicted molar refractivity (Wildman–Crippen MR) is 99.9 cm³/mol. The smallest absolute Gasteiger partial charge is 0.320 e. The van der Waals surface area contributed by atoms with Crippen LogP contribution in [0.25, 0.3) is 5.82 Å². The lowest BCUT2D eigenvalue weighted by Gasteiger charge is -2.42. The molecule has 0 saturated heterocycles. The topological polar surface area (TPSA) is 112 Å². The molecule has 3 N–H and O–H groups in total. The summed E-state index contributed by atoms with van der Waals surface area (Å²) in [6, 6.07) is 5.40. The number of aliphatic carboxylic acids is 1. The Bertz CT molecular complexity index is 815. The molecule has 1 aliphatic carbocycles. The van der Waals surface area contributed by atoms with E-state index in [1.54, 1.807) is 23.1 Å². The Morgan fingerprint density at radius 3 is 2.78 bits per heavy atom. The quantitative estimate of drug-likeness (QED) is 0.681. The predicted octanol–water partition coefficient (Wildman–Crippen LogP) is 1.63. The molecule has 1 aliphatic rings. The summed E-state index contributed by atoms with van der Waals surface area (Å²) >= 11 is 0. The highest BCUT2D eigenvalue weighted by Gasteiger charge is 2.34. The van der Waals surface area contributed by atoms with E-state index in [9.17, 15) is 9.59 Å². The van der Waals surface area contributed by atoms with Crippen LogP contribution in [0, 0.1) is 6.92 Å². The van der Waals surface area contributed by atoms with Gasteiger partial charge in [0.25, 0.3) is 0 Å². The number of aromatic nitrogens is 3. The average Bonchev–Trinajstić information content (AvgIpc) is 3.03. The van der Waals surface area contributed by atoms with Crippen molar-refractivity contribution < 1.29 is 14.7 Å². The molecule has 1 fully saturated rings. The lowest BCUT2D eigenvalue weighted by molar-refractivity contribution is -0.139. The van der Waals surface area contributed by atoms with E-state index in [-0.39, 0.29) is 24.7 Å². The first kappa shape index (κ1) is 18.8. The Balaban J connectivity index is 1.53. The lowest BCUT2D eigenvalue weighted by Crippen LogP contribution is -2.55. The summed E-state index contributed by atoms with van der Waals surface area (Å²) in [5.74, 6) is 0.331. The molecule has 0 aromatic carbocycles. The highest BCUT2D eigenvalue weighted by molar-refractivity contribution is 5.88. The molecule has 0 unspecified atom stereocenters. The molecule has 9 nitrogen and oxygen atoms in total. The molecule has 2 aromatic heterocycles. The van der Waals surface area contributed by atoms with E-state index in [2.05, 4.69) is 20.7 Å². The van der Waals surface area contributed by atoms with E-state index in [1.165, 1.54) is 0 Å². The van der Waals surface area contributed by atoms with Crippen molar-refractivity contribution in [1.82, 2.24) is 25.0 Å². The van der Waals surface area contributed by atoms with E-state index in [0.29, 0.717) is 18.2 Å². The number of likely N-dealkylation sites (N-methyl/N-ethyl adjacent to an activating group) is 1. The summed E-state index contributed by atoms with van der Waals surface area (Å²) in [6.45, 7) is 4.61. The van der Waals surface area contributed by atoms with Crippen LogP contribution in [0.2, 0.25) is 0 Å². The Morgan fingerprint density at radius 2 is 2.11 bits per heavy atom. The van der Waals surface area contributed by atoms with E-state index in [0.717, 1.165) is 18.4 Å². The number of hydrogen-bond donors (Lipinski definition) is 3.